The standard InChI is InChI=1S/C14H13ClN2O2S/c1-2-19-14(18)12-4-3-9-16-13(12)20-17-11-7-5-10(15)6-8-11/h3-9,17H,2H2,1H3. The van der Waals surface area contributed by atoms with E-state index >= 15 is 0 Å². The molecule has 20 heavy (non-hydrogen) atoms. The second kappa shape index (κ2) is 7.17. The minimum atomic E-state index is -0.374. The van der Waals surface area contributed by atoms with E-state index in [0.29, 0.717) is 22.2 Å². The lowest BCUT2D eigenvalue weighted by Gasteiger charge is -2.08. The molecular weight excluding hydrogens is 296 g/mol. The van der Waals surface area contributed by atoms with Gasteiger partial charge in [-0.05, 0) is 43.3 Å². The zero-order valence-corrected chi connectivity index (χ0v) is 12.4. The van der Waals surface area contributed by atoms with Crippen LogP contribution in [0.3, 0.4) is 0 Å². The van der Waals surface area contributed by atoms with E-state index in [1.165, 1.54) is 11.9 Å². The molecule has 0 atom stereocenters. The molecule has 6 heteroatoms. The zero-order chi connectivity index (χ0) is 14.4. The number of nitrogens with one attached hydrogen (secondary N) is 1. The molecule has 1 heterocycles. The molecule has 1 aromatic heterocycles. The molecule has 0 spiro atoms. The number of halogens is 1. The molecule has 0 unspecified atom stereocenters. The van der Waals surface area contributed by atoms with Crippen LogP contribution in [0.5, 0.6) is 0 Å². The number of pyridine rings is 1. The minimum Gasteiger partial charge on any atom is -0.462 e. The maximum Gasteiger partial charge on any atom is 0.340 e. The molecule has 0 bridgehead atoms. The molecule has 0 saturated heterocycles. The number of carbonyl (C=O) groups is 1. The van der Waals surface area contributed by atoms with Crippen LogP contribution in [0.1, 0.15) is 17.3 Å². The summed E-state index contributed by atoms with van der Waals surface area (Å²) < 4.78 is 8.11. The number of rotatable bonds is 5. The highest BCUT2D eigenvalue weighted by Gasteiger charge is 2.13. The molecule has 0 aliphatic heterocycles. The van der Waals surface area contributed by atoms with Gasteiger partial charge in [-0.1, -0.05) is 11.6 Å². The first kappa shape index (κ1) is 14.7. The Morgan fingerprint density at radius 2 is 2.10 bits per heavy atom. The van der Waals surface area contributed by atoms with Gasteiger partial charge in [0.25, 0.3) is 0 Å². The molecule has 0 saturated carbocycles. The number of esters is 1. The lowest BCUT2D eigenvalue weighted by Crippen LogP contribution is -2.07. The van der Waals surface area contributed by atoms with Gasteiger partial charge in [0.05, 0.1) is 12.2 Å². The van der Waals surface area contributed by atoms with Crippen LogP contribution >= 0.6 is 23.5 Å². The summed E-state index contributed by atoms with van der Waals surface area (Å²) in [4.78, 5) is 16.0. The number of carbonyl (C=O) groups excluding carboxylic acids is 1. The summed E-state index contributed by atoms with van der Waals surface area (Å²) >= 11 is 7.08. The van der Waals surface area contributed by atoms with Gasteiger partial charge in [-0.15, -0.1) is 0 Å². The lowest BCUT2D eigenvalue weighted by molar-refractivity contribution is 0.0521. The summed E-state index contributed by atoms with van der Waals surface area (Å²) in [5.41, 5.74) is 1.32. The maximum absolute atomic E-state index is 11.8. The number of aromatic nitrogens is 1. The van der Waals surface area contributed by atoms with Crippen LogP contribution in [0.4, 0.5) is 5.69 Å². The van der Waals surface area contributed by atoms with Gasteiger partial charge in [0.15, 0.2) is 0 Å². The summed E-state index contributed by atoms with van der Waals surface area (Å²) in [7, 11) is 0. The Hall–Kier alpha value is -1.72. The number of nitrogens with zero attached hydrogens (tertiary/aromatic N) is 1. The van der Waals surface area contributed by atoms with Crippen LogP contribution in [0.25, 0.3) is 0 Å². The van der Waals surface area contributed by atoms with Crippen molar-refractivity contribution in [2.45, 2.75) is 11.9 Å². The van der Waals surface area contributed by atoms with Crippen molar-refractivity contribution in [1.82, 2.24) is 4.98 Å². The number of ether oxygens (including phenoxy) is 1. The molecule has 0 radical (unpaired) electrons. The van der Waals surface area contributed by atoms with Gasteiger partial charge in [-0.2, -0.15) is 0 Å². The Kier molecular flexibility index (Phi) is 5.26. The van der Waals surface area contributed by atoms with E-state index in [2.05, 4.69) is 9.71 Å². The van der Waals surface area contributed by atoms with Gasteiger partial charge in [0.2, 0.25) is 0 Å². The highest BCUT2D eigenvalue weighted by atomic mass is 35.5. The van der Waals surface area contributed by atoms with Crippen molar-refractivity contribution >= 4 is 35.2 Å². The second-order valence-corrected chi connectivity index (χ2v) is 5.02. The van der Waals surface area contributed by atoms with Crippen LogP contribution in [0.2, 0.25) is 5.02 Å². The number of benzene rings is 1. The van der Waals surface area contributed by atoms with Crippen molar-refractivity contribution < 1.29 is 9.53 Å². The highest BCUT2D eigenvalue weighted by molar-refractivity contribution is 8.00. The first-order valence-electron chi connectivity index (χ1n) is 6.01. The fraction of sp³-hybridized carbons (Fsp3) is 0.143. The molecule has 2 aromatic rings. The van der Waals surface area contributed by atoms with Gasteiger partial charge < -0.3 is 9.46 Å². The smallest absolute Gasteiger partial charge is 0.340 e. The van der Waals surface area contributed by atoms with E-state index < -0.39 is 0 Å². The van der Waals surface area contributed by atoms with Gasteiger partial charge in [-0.25, -0.2) is 9.78 Å². The molecule has 1 N–H and O–H groups in total. The van der Waals surface area contributed by atoms with Crippen molar-refractivity contribution in [3.05, 3.63) is 53.2 Å². The fourth-order valence-electron chi connectivity index (χ4n) is 1.46. The molecule has 0 aliphatic rings. The molecule has 0 amide bonds. The Morgan fingerprint density at radius 3 is 2.80 bits per heavy atom. The largest absolute Gasteiger partial charge is 0.462 e. The predicted molar refractivity (Wildman–Crippen MR) is 81.1 cm³/mol. The quantitative estimate of drug-likeness (QED) is 0.667. The highest BCUT2D eigenvalue weighted by Crippen LogP contribution is 2.24. The first-order valence-corrected chi connectivity index (χ1v) is 7.20. The summed E-state index contributed by atoms with van der Waals surface area (Å²) in [6.07, 6.45) is 1.63. The van der Waals surface area contributed by atoms with Crippen LogP contribution in [-0.4, -0.2) is 17.6 Å². The average Bonchev–Trinajstić information content (AvgIpc) is 2.47. The van der Waals surface area contributed by atoms with Gasteiger partial charge in [-0.3, -0.25) is 0 Å². The predicted octanol–water partition coefficient (Wildman–Crippen LogP) is 4.03. The summed E-state index contributed by atoms with van der Waals surface area (Å²) in [6, 6.07) is 10.7. The first-order chi connectivity index (χ1) is 9.70. The SMILES string of the molecule is CCOC(=O)c1cccnc1SNc1ccc(Cl)cc1. The van der Waals surface area contributed by atoms with E-state index in [9.17, 15) is 4.79 Å². The molecule has 104 valence electrons. The summed E-state index contributed by atoms with van der Waals surface area (Å²) in [6.45, 7) is 2.11. The van der Waals surface area contributed by atoms with Gasteiger partial charge in [0.1, 0.15) is 5.03 Å². The molecule has 0 aliphatic carbocycles. The molecule has 1 aromatic carbocycles. The van der Waals surface area contributed by atoms with E-state index in [-0.39, 0.29) is 5.97 Å². The summed E-state index contributed by atoms with van der Waals surface area (Å²) in [5, 5.41) is 1.24. The van der Waals surface area contributed by atoms with Crippen molar-refractivity contribution in [1.29, 1.82) is 0 Å². The minimum absolute atomic E-state index is 0.336. The molecule has 4 nitrogen and oxygen atoms in total. The lowest BCUT2D eigenvalue weighted by atomic mass is 10.3. The number of anilines is 1. The Bertz CT molecular complexity index is 590. The topological polar surface area (TPSA) is 51.2 Å². The van der Waals surface area contributed by atoms with E-state index in [0.717, 1.165) is 5.69 Å². The van der Waals surface area contributed by atoms with Crippen LogP contribution < -0.4 is 4.72 Å². The molecule has 2 rings (SSSR count). The van der Waals surface area contributed by atoms with E-state index in [1.54, 1.807) is 37.4 Å². The summed E-state index contributed by atoms with van der Waals surface area (Å²) in [5.74, 6) is -0.374. The third-order valence-corrected chi connectivity index (χ3v) is 3.48. The Morgan fingerprint density at radius 1 is 1.35 bits per heavy atom. The fourth-order valence-corrected chi connectivity index (χ4v) is 2.31. The van der Waals surface area contributed by atoms with Gasteiger partial charge in [0, 0.05) is 28.9 Å². The van der Waals surface area contributed by atoms with Gasteiger partial charge >= 0.3 is 5.97 Å². The number of hydrogen-bond donors (Lipinski definition) is 1. The third-order valence-electron chi connectivity index (χ3n) is 2.38. The van der Waals surface area contributed by atoms with Crippen LogP contribution in [-0.2, 0) is 4.74 Å². The third kappa shape index (κ3) is 3.88. The van der Waals surface area contributed by atoms with Crippen LogP contribution in [0, 0.1) is 0 Å². The monoisotopic (exact) mass is 308 g/mol. The van der Waals surface area contributed by atoms with Crippen molar-refractivity contribution in [2.75, 3.05) is 11.3 Å². The van der Waals surface area contributed by atoms with E-state index in [1.807, 2.05) is 12.1 Å². The van der Waals surface area contributed by atoms with Crippen molar-refractivity contribution in [2.24, 2.45) is 0 Å². The number of hydrogen-bond acceptors (Lipinski definition) is 5. The Labute approximate surface area is 126 Å². The van der Waals surface area contributed by atoms with E-state index in [4.69, 9.17) is 16.3 Å². The van der Waals surface area contributed by atoms with Crippen molar-refractivity contribution in [3.63, 3.8) is 0 Å². The normalized spacial score (nSPS) is 10.1. The molecule has 0 fully saturated rings. The van der Waals surface area contributed by atoms with Crippen LogP contribution in [0.15, 0.2) is 47.6 Å². The van der Waals surface area contributed by atoms with Crippen molar-refractivity contribution in [3.8, 4) is 0 Å². The Balaban J connectivity index is 2.09. The maximum atomic E-state index is 11.8. The molecular formula is C14H13ClN2O2S. The average molecular weight is 309 g/mol. The second-order valence-electron chi connectivity index (χ2n) is 3.79. The zero-order valence-electron chi connectivity index (χ0n) is 10.8.